The fourth-order valence-electron chi connectivity index (χ4n) is 3.95. The second kappa shape index (κ2) is 6.26. The van der Waals surface area contributed by atoms with Gasteiger partial charge in [0.1, 0.15) is 5.82 Å². The van der Waals surface area contributed by atoms with Gasteiger partial charge in [0.25, 0.3) is 5.91 Å². The molecule has 3 heterocycles. The van der Waals surface area contributed by atoms with E-state index in [0.29, 0.717) is 24.6 Å². The van der Waals surface area contributed by atoms with E-state index in [9.17, 15) is 9.18 Å². The van der Waals surface area contributed by atoms with E-state index in [1.165, 1.54) is 17.7 Å². The number of aryl methyl sites for hydroxylation is 1. The van der Waals surface area contributed by atoms with E-state index in [0.717, 1.165) is 25.9 Å². The van der Waals surface area contributed by atoms with Gasteiger partial charge in [-0.1, -0.05) is 0 Å². The van der Waals surface area contributed by atoms with E-state index in [1.54, 1.807) is 12.1 Å². The van der Waals surface area contributed by atoms with Crippen LogP contribution in [0.25, 0.3) is 0 Å². The maximum atomic E-state index is 13.0. The fraction of sp³-hybridized carbons (Fsp3) is 0.474. The van der Waals surface area contributed by atoms with Crippen LogP contribution in [0.4, 0.5) is 4.39 Å². The summed E-state index contributed by atoms with van der Waals surface area (Å²) in [6, 6.07) is 5.76. The summed E-state index contributed by atoms with van der Waals surface area (Å²) in [7, 11) is 1.93. The minimum atomic E-state index is -0.324. The van der Waals surface area contributed by atoms with E-state index in [2.05, 4.69) is 11.3 Å². The lowest BCUT2D eigenvalue weighted by Gasteiger charge is -2.38. The van der Waals surface area contributed by atoms with Crippen molar-refractivity contribution in [3.8, 4) is 0 Å². The molecule has 2 aromatic rings. The Morgan fingerprint density at radius 3 is 2.64 bits per heavy atom. The Morgan fingerprint density at radius 2 is 2.00 bits per heavy atom. The number of ether oxygens (including phenoxy) is 1. The van der Waals surface area contributed by atoms with Crippen LogP contribution in [0.1, 0.15) is 41.1 Å². The van der Waals surface area contributed by atoms with Gasteiger partial charge >= 0.3 is 0 Å². The van der Waals surface area contributed by atoms with Crippen LogP contribution in [0.5, 0.6) is 0 Å². The first-order valence-corrected chi connectivity index (χ1v) is 8.72. The van der Waals surface area contributed by atoms with Gasteiger partial charge < -0.3 is 9.64 Å². The minimum Gasteiger partial charge on any atom is -0.374 e. The van der Waals surface area contributed by atoms with Crippen molar-refractivity contribution in [2.24, 2.45) is 7.05 Å². The van der Waals surface area contributed by atoms with E-state index in [4.69, 9.17) is 4.74 Å². The highest BCUT2D eigenvalue weighted by Gasteiger charge is 2.44. The van der Waals surface area contributed by atoms with Crippen LogP contribution < -0.4 is 0 Å². The summed E-state index contributed by atoms with van der Waals surface area (Å²) < 4.78 is 21.0. The Kier molecular flexibility index (Phi) is 4.07. The van der Waals surface area contributed by atoms with Gasteiger partial charge in [-0.3, -0.25) is 9.48 Å². The zero-order valence-electron chi connectivity index (χ0n) is 14.3. The van der Waals surface area contributed by atoms with Crippen LogP contribution in [0.15, 0.2) is 36.7 Å². The number of piperidine rings is 1. The number of likely N-dealkylation sites (tertiary alicyclic amines) is 1. The molecule has 4 rings (SSSR count). The molecule has 0 aliphatic carbocycles. The Morgan fingerprint density at radius 1 is 1.28 bits per heavy atom. The van der Waals surface area contributed by atoms with Crippen LogP contribution in [0, 0.1) is 5.82 Å². The van der Waals surface area contributed by atoms with Crippen molar-refractivity contribution in [2.45, 2.75) is 30.8 Å². The average molecular weight is 343 g/mol. The summed E-state index contributed by atoms with van der Waals surface area (Å²) in [4.78, 5) is 14.4. The van der Waals surface area contributed by atoms with Crippen LogP contribution in [0.2, 0.25) is 0 Å². The lowest BCUT2D eigenvalue weighted by atomic mass is 9.83. The van der Waals surface area contributed by atoms with Crippen molar-refractivity contribution in [3.05, 3.63) is 53.6 Å². The maximum Gasteiger partial charge on any atom is 0.253 e. The van der Waals surface area contributed by atoms with Crippen LogP contribution in [-0.2, 0) is 11.8 Å². The van der Waals surface area contributed by atoms with Gasteiger partial charge in [-0.25, -0.2) is 4.39 Å². The molecule has 5 nitrogen and oxygen atoms in total. The highest BCUT2D eigenvalue weighted by molar-refractivity contribution is 5.94. The van der Waals surface area contributed by atoms with Crippen molar-refractivity contribution in [1.29, 1.82) is 0 Å². The molecule has 0 N–H and O–H groups in total. The molecule has 2 aliphatic rings. The summed E-state index contributed by atoms with van der Waals surface area (Å²) >= 11 is 0. The molecule has 0 unspecified atom stereocenters. The van der Waals surface area contributed by atoms with E-state index in [-0.39, 0.29) is 17.3 Å². The van der Waals surface area contributed by atoms with Crippen molar-refractivity contribution >= 4 is 5.91 Å². The van der Waals surface area contributed by atoms with Crippen LogP contribution in [0.3, 0.4) is 0 Å². The van der Waals surface area contributed by atoms with E-state index >= 15 is 0 Å². The highest BCUT2D eigenvalue weighted by Crippen LogP contribution is 2.42. The number of nitrogens with zero attached hydrogens (tertiary/aromatic N) is 3. The number of aromatic nitrogens is 2. The zero-order valence-corrected chi connectivity index (χ0v) is 14.3. The van der Waals surface area contributed by atoms with Gasteiger partial charge in [0, 0.05) is 37.8 Å². The quantitative estimate of drug-likeness (QED) is 0.842. The Hall–Kier alpha value is -2.21. The van der Waals surface area contributed by atoms with Crippen molar-refractivity contribution < 1.29 is 13.9 Å². The molecule has 1 aromatic carbocycles. The van der Waals surface area contributed by atoms with E-state index < -0.39 is 0 Å². The van der Waals surface area contributed by atoms with Gasteiger partial charge in [-0.2, -0.15) is 5.10 Å². The normalized spacial score (nSPS) is 22.5. The molecular weight excluding hydrogens is 321 g/mol. The summed E-state index contributed by atoms with van der Waals surface area (Å²) in [5.41, 5.74) is 1.64. The third kappa shape index (κ3) is 3.18. The molecule has 0 bridgehead atoms. The molecular formula is C19H22FN3O2. The highest BCUT2D eigenvalue weighted by atomic mass is 19.1. The summed E-state index contributed by atoms with van der Waals surface area (Å²) in [6.07, 6.45) is 6.64. The monoisotopic (exact) mass is 343 g/mol. The van der Waals surface area contributed by atoms with Crippen LogP contribution in [-0.4, -0.2) is 45.9 Å². The third-order valence-electron chi connectivity index (χ3n) is 5.46. The Balaban J connectivity index is 1.38. The SMILES string of the molecule is Cn1cc([C@@H]2COC3(CCN(C(=O)c4ccc(F)cc4)CC3)C2)cn1. The molecule has 25 heavy (non-hydrogen) atoms. The van der Waals surface area contributed by atoms with E-state index in [1.807, 2.05) is 22.8 Å². The van der Waals surface area contributed by atoms with Gasteiger partial charge in [0.2, 0.25) is 0 Å². The average Bonchev–Trinajstić information content (AvgIpc) is 3.23. The summed E-state index contributed by atoms with van der Waals surface area (Å²) in [6.45, 7) is 2.07. The molecule has 0 radical (unpaired) electrons. The lowest BCUT2D eigenvalue weighted by molar-refractivity contribution is -0.0388. The molecule has 0 saturated carbocycles. The predicted octanol–water partition coefficient (Wildman–Crippen LogP) is 2.74. The predicted molar refractivity (Wildman–Crippen MR) is 90.8 cm³/mol. The number of benzene rings is 1. The zero-order chi connectivity index (χ0) is 17.4. The van der Waals surface area contributed by atoms with Gasteiger partial charge in [0.15, 0.2) is 0 Å². The summed E-state index contributed by atoms with van der Waals surface area (Å²) in [5.74, 6) is 0.0275. The lowest BCUT2D eigenvalue weighted by Crippen LogP contribution is -2.46. The molecule has 2 saturated heterocycles. The van der Waals surface area contributed by atoms with Crippen molar-refractivity contribution in [2.75, 3.05) is 19.7 Å². The standard InChI is InChI=1S/C19H22FN3O2/c1-22-12-16(11-21-22)15-10-19(25-13-15)6-8-23(9-7-19)18(24)14-2-4-17(20)5-3-14/h2-5,11-12,15H,6-10,13H2,1H3/t15-/m0/s1. The van der Waals surface area contributed by atoms with Crippen LogP contribution >= 0.6 is 0 Å². The minimum absolute atomic E-state index is 0.0309. The van der Waals surface area contributed by atoms with Crippen molar-refractivity contribution in [1.82, 2.24) is 14.7 Å². The van der Waals surface area contributed by atoms with Crippen molar-refractivity contribution in [3.63, 3.8) is 0 Å². The molecule has 1 aromatic heterocycles. The maximum absolute atomic E-state index is 13.0. The Labute approximate surface area is 146 Å². The molecule has 1 spiro atoms. The number of hydrogen-bond donors (Lipinski definition) is 0. The first-order valence-electron chi connectivity index (χ1n) is 8.72. The molecule has 132 valence electrons. The number of carbonyl (C=O) groups excluding carboxylic acids is 1. The molecule has 2 fully saturated rings. The summed E-state index contributed by atoms with van der Waals surface area (Å²) in [5, 5.41) is 4.25. The number of carbonyl (C=O) groups is 1. The molecule has 1 amide bonds. The topological polar surface area (TPSA) is 47.4 Å². The Bertz CT molecular complexity index is 763. The number of halogens is 1. The molecule has 2 aliphatic heterocycles. The smallest absolute Gasteiger partial charge is 0.253 e. The second-order valence-corrected chi connectivity index (χ2v) is 7.14. The molecule has 1 atom stereocenters. The largest absolute Gasteiger partial charge is 0.374 e. The molecule has 6 heteroatoms. The third-order valence-corrected chi connectivity index (χ3v) is 5.46. The van der Waals surface area contributed by atoms with Gasteiger partial charge in [-0.05, 0) is 49.1 Å². The first-order chi connectivity index (χ1) is 12.0. The van der Waals surface area contributed by atoms with Gasteiger partial charge in [-0.15, -0.1) is 0 Å². The number of hydrogen-bond acceptors (Lipinski definition) is 3. The van der Waals surface area contributed by atoms with Gasteiger partial charge in [0.05, 0.1) is 18.4 Å². The first kappa shape index (κ1) is 16.3. The number of rotatable bonds is 2. The number of amides is 1. The fourth-order valence-corrected chi connectivity index (χ4v) is 3.95. The second-order valence-electron chi connectivity index (χ2n) is 7.14.